The lowest BCUT2D eigenvalue weighted by molar-refractivity contribution is 0.601. The summed E-state index contributed by atoms with van der Waals surface area (Å²) in [7, 11) is -3.63. The summed E-state index contributed by atoms with van der Waals surface area (Å²) >= 11 is 0. The van der Waals surface area contributed by atoms with E-state index in [-0.39, 0.29) is 4.90 Å². The number of rotatable bonds is 5. The first-order valence-corrected chi connectivity index (χ1v) is 11.4. The molecule has 1 saturated heterocycles. The molecule has 0 saturated carbocycles. The predicted molar refractivity (Wildman–Crippen MR) is 115 cm³/mol. The van der Waals surface area contributed by atoms with E-state index in [2.05, 4.69) is 19.8 Å². The molecular formula is C22H24N4O2S. The predicted octanol–water partition coefficient (Wildman–Crippen LogP) is 4.32. The van der Waals surface area contributed by atoms with Crippen LogP contribution in [0.25, 0.3) is 11.3 Å². The summed E-state index contributed by atoms with van der Waals surface area (Å²) in [5.41, 5.74) is 2.02. The number of nitrogens with zero attached hydrogens (tertiary/aromatic N) is 3. The van der Waals surface area contributed by atoms with Crippen molar-refractivity contribution in [1.29, 1.82) is 0 Å². The van der Waals surface area contributed by atoms with Crippen LogP contribution in [0.1, 0.15) is 25.7 Å². The number of aromatic nitrogens is 2. The van der Waals surface area contributed by atoms with Crippen molar-refractivity contribution in [2.24, 2.45) is 0 Å². The van der Waals surface area contributed by atoms with Gasteiger partial charge in [0.2, 0.25) is 0 Å². The lowest BCUT2D eigenvalue weighted by Crippen LogP contribution is -2.25. The zero-order valence-corrected chi connectivity index (χ0v) is 17.0. The molecule has 1 fully saturated rings. The third kappa shape index (κ3) is 4.74. The summed E-state index contributed by atoms with van der Waals surface area (Å²) in [6.07, 6.45) is 4.92. The Kier molecular flexibility index (Phi) is 5.76. The molecule has 29 heavy (non-hydrogen) atoms. The molecule has 0 atom stereocenters. The van der Waals surface area contributed by atoms with Crippen LogP contribution in [0.5, 0.6) is 0 Å². The van der Waals surface area contributed by atoms with Crippen molar-refractivity contribution < 1.29 is 8.42 Å². The third-order valence-electron chi connectivity index (χ3n) is 5.04. The summed E-state index contributed by atoms with van der Waals surface area (Å²) in [6, 6.07) is 19.5. The molecule has 3 aromatic rings. The second-order valence-electron chi connectivity index (χ2n) is 7.18. The molecule has 0 aliphatic carbocycles. The third-order valence-corrected chi connectivity index (χ3v) is 6.44. The minimum Gasteiger partial charge on any atom is -0.355 e. The highest BCUT2D eigenvalue weighted by atomic mass is 32.2. The molecule has 1 aromatic heterocycles. The van der Waals surface area contributed by atoms with E-state index in [9.17, 15) is 8.42 Å². The van der Waals surface area contributed by atoms with E-state index in [1.54, 1.807) is 42.5 Å². The van der Waals surface area contributed by atoms with Crippen LogP contribution in [0.4, 0.5) is 11.5 Å². The quantitative estimate of drug-likeness (QED) is 0.680. The van der Waals surface area contributed by atoms with Crippen LogP contribution in [0.15, 0.2) is 71.6 Å². The molecule has 2 aromatic carbocycles. The van der Waals surface area contributed by atoms with Gasteiger partial charge in [0, 0.05) is 24.3 Å². The van der Waals surface area contributed by atoms with Crippen molar-refractivity contribution in [3.8, 4) is 11.3 Å². The number of hydrogen-bond donors (Lipinski definition) is 1. The monoisotopic (exact) mass is 408 g/mol. The highest BCUT2D eigenvalue weighted by Crippen LogP contribution is 2.24. The molecule has 0 radical (unpaired) electrons. The van der Waals surface area contributed by atoms with Crippen LogP contribution in [-0.2, 0) is 10.0 Å². The van der Waals surface area contributed by atoms with Gasteiger partial charge >= 0.3 is 0 Å². The zero-order chi connectivity index (χ0) is 20.1. The summed E-state index contributed by atoms with van der Waals surface area (Å²) in [5.74, 6) is 0.900. The Hall–Kier alpha value is -2.93. The SMILES string of the molecule is O=S(=O)(Nc1cccc(-c2ccc(N3CCCCCC3)nn2)c1)c1ccccc1. The second-order valence-corrected chi connectivity index (χ2v) is 8.86. The van der Waals surface area contributed by atoms with Gasteiger partial charge in [0.15, 0.2) is 5.82 Å². The maximum absolute atomic E-state index is 12.6. The average Bonchev–Trinajstić information content (AvgIpc) is 3.04. The fraction of sp³-hybridized carbons (Fsp3) is 0.273. The van der Waals surface area contributed by atoms with Crippen molar-refractivity contribution in [2.75, 3.05) is 22.7 Å². The Morgan fingerprint density at radius 2 is 1.55 bits per heavy atom. The fourth-order valence-corrected chi connectivity index (χ4v) is 4.57. The molecule has 0 spiro atoms. The van der Waals surface area contributed by atoms with Gasteiger partial charge in [-0.2, -0.15) is 0 Å². The summed E-state index contributed by atoms with van der Waals surface area (Å²) in [5, 5.41) is 8.79. The molecule has 1 aliphatic heterocycles. The molecule has 4 rings (SSSR count). The summed E-state index contributed by atoms with van der Waals surface area (Å²) in [6.45, 7) is 2.04. The van der Waals surface area contributed by atoms with E-state index in [1.165, 1.54) is 25.7 Å². The van der Waals surface area contributed by atoms with Crippen LogP contribution >= 0.6 is 0 Å². The number of benzene rings is 2. The smallest absolute Gasteiger partial charge is 0.261 e. The van der Waals surface area contributed by atoms with E-state index < -0.39 is 10.0 Å². The standard InChI is InChI=1S/C22H24N4O2S/c27-29(28,20-11-4-3-5-12-20)25-19-10-8-9-18(17-19)21-13-14-22(24-23-21)26-15-6-1-2-7-16-26/h3-5,8-14,17,25H,1-2,6-7,15-16H2. The van der Waals surface area contributed by atoms with Gasteiger partial charge < -0.3 is 4.90 Å². The molecule has 0 bridgehead atoms. The van der Waals surface area contributed by atoms with Gasteiger partial charge in [-0.1, -0.05) is 43.2 Å². The first-order chi connectivity index (χ1) is 14.1. The van der Waals surface area contributed by atoms with E-state index in [0.29, 0.717) is 11.4 Å². The molecular weight excluding hydrogens is 384 g/mol. The van der Waals surface area contributed by atoms with Gasteiger partial charge in [-0.3, -0.25) is 4.72 Å². The van der Waals surface area contributed by atoms with E-state index in [4.69, 9.17) is 0 Å². The normalized spacial score (nSPS) is 15.0. The van der Waals surface area contributed by atoms with Gasteiger partial charge in [-0.15, -0.1) is 10.2 Å². The van der Waals surface area contributed by atoms with Crippen molar-refractivity contribution in [2.45, 2.75) is 30.6 Å². The van der Waals surface area contributed by atoms with E-state index in [0.717, 1.165) is 24.5 Å². The number of nitrogens with one attached hydrogen (secondary N) is 1. The van der Waals surface area contributed by atoms with Crippen molar-refractivity contribution >= 4 is 21.5 Å². The maximum atomic E-state index is 12.6. The maximum Gasteiger partial charge on any atom is 0.261 e. The number of sulfonamides is 1. The zero-order valence-electron chi connectivity index (χ0n) is 16.2. The lowest BCUT2D eigenvalue weighted by atomic mass is 10.1. The minimum atomic E-state index is -3.63. The van der Waals surface area contributed by atoms with Gasteiger partial charge in [0.1, 0.15) is 0 Å². The Labute approximate surface area is 171 Å². The molecule has 0 unspecified atom stereocenters. The van der Waals surface area contributed by atoms with Gasteiger partial charge in [0.25, 0.3) is 10.0 Å². The summed E-state index contributed by atoms with van der Waals surface area (Å²) in [4.78, 5) is 2.51. The highest BCUT2D eigenvalue weighted by Gasteiger charge is 2.15. The van der Waals surface area contributed by atoms with Gasteiger partial charge in [-0.05, 0) is 49.2 Å². The topological polar surface area (TPSA) is 75.2 Å². The first-order valence-electron chi connectivity index (χ1n) is 9.89. The second kappa shape index (κ2) is 8.61. The van der Waals surface area contributed by atoms with Gasteiger partial charge in [-0.25, -0.2) is 8.42 Å². The van der Waals surface area contributed by atoms with Crippen molar-refractivity contribution in [3.63, 3.8) is 0 Å². The molecule has 1 aliphatic rings. The van der Waals surface area contributed by atoms with E-state index in [1.807, 2.05) is 24.3 Å². The Balaban J connectivity index is 1.53. The Morgan fingerprint density at radius 3 is 2.24 bits per heavy atom. The Bertz CT molecular complexity index is 1050. The molecule has 2 heterocycles. The lowest BCUT2D eigenvalue weighted by Gasteiger charge is -2.20. The number of hydrogen-bond acceptors (Lipinski definition) is 5. The molecule has 7 heteroatoms. The molecule has 150 valence electrons. The van der Waals surface area contributed by atoms with Crippen LogP contribution in [0.2, 0.25) is 0 Å². The molecule has 0 amide bonds. The van der Waals surface area contributed by atoms with Crippen molar-refractivity contribution in [3.05, 3.63) is 66.7 Å². The first kappa shape index (κ1) is 19.4. The van der Waals surface area contributed by atoms with Crippen LogP contribution in [0, 0.1) is 0 Å². The Morgan fingerprint density at radius 1 is 0.793 bits per heavy atom. The molecule has 1 N–H and O–H groups in total. The van der Waals surface area contributed by atoms with Crippen LogP contribution in [-0.4, -0.2) is 31.7 Å². The number of anilines is 2. The fourth-order valence-electron chi connectivity index (χ4n) is 3.50. The van der Waals surface area contributed by atoms with Crippen LogP contribution in [0.3, 0.4) is 0 Å². The van der Waals surface area contributed by atoms with Gasteiger partial charge in [0.05, 0.1) is 10.6 Å². The van der Waals surface area contributed by atoms with Crippen LogP contribution < -0.4 is 9.62 Å². The molecule has 6 nitrogen and oxygen atoms in total. The van der Waals surface area contributed by atoms with Crippen molar-refractivity contribution in [1.82, 2.24) is 10.2 Å². The highest BCUT2D eigenvalue weighted by molar-refractivity contribution is 7.92. The minimum absolute atomic E-state index is 0.229. The summed E-state index contributed by atoms with van der Waals surface area (Å²) < 4.78 is 27.7. The largest absolute Gasteiger partial charge is 0.355 e. The van der Waals surface area contributed by atoms with E-state index >= 15 is 0 Å². The average molecular weight is 409 g/mol.